The first-order valence-corrected chi connectivity index (χ1v) is 10.8. The molecule has 3 N–H and O–H groups in total. The molecule has 8 heteroatoms. The molecule has 0 aliphatic rings. The number of para-hydroxylation sites is 1. The third-order valence-corrected chi connectivity index (χ3v) is 5.95. The number of hydrogen-bond acceptors (Lipinski definition) is 4. The Morgan fingerprint density at radius 1 is 1.19 bits per heavy atom. The Labute approximate surface area is 189 Å². The standard InChI is InChI=1S/C23H23Cl2N5O/c1-4-26-12-6-9-17-13(2)14-10-11-18-21(19(14)22(31)27-17)30(3)23(28-18)29-20-15(24)7-5-8-16(20)25/h5-11,26H,4,12H2,1-3H3,(H,27,31)(H,28,29). The minimum atomic E-state index is -0.153. The molecule has 6 nitrogen and oxygen atoms in total. The van der Waals surface area contributed by atoms with E-state index < -0.39 is 0 Å². The highest BCUT2D eigenvalue weighted by atomic mass is 35.5. The molecule has 0 radical (unpaired) electrons. The van der Waals surface area contributed by atoms with Crippen LogP contribution >= 0.6 is 23.2 Å². The molecule has 0 saturated carbocycles. The Bertz CT molecular complexity index is 1350. The Kier molecular flexibility index (Phi) is 6.05. The fourth-order valence-corrected chi connectivity index (χ4v) is 4.17. The van der Waals surface area contributed by atoms with Crippen LogP contribution in [0, 0.1) is 6.92 Å². The average molecular weight is 456 g/mol. The van der Waals surface area contributed by atoms with Crippen molar-refractivity contribution in [1.29, 1.82) is 0 Å². The monoisotopic (exact) mass is 455 g/mol. The predicted octanol–water partition coefficient (Wildman–Crippen LogP) is 5.40. The Morgan fingerprint density at radius 2 is 1.94 bits per heavy atom. The number of nitrogens with zero attached hydrogens (tertiary/aromatic N) is 2. The van der Waals surface area contributed by atoms with E-state index in [1.54, 1.807) is 18.2 Å². The minimum Gasteiger partial charge on any atom is -0.323 e. The highest BCUT2D eigenvalue weighted by Gasteiger charge is 2.17. The quantitative estimate of drug-likeness (QED) is 0.340. The molecule has 0 spiro atoms. The number of anilines is 2. The number of likely N-dealkylation sites (N-methyl/N-ethyl adjacent to an activating group) is 1. The molecule has 2 aromatic carbocycles. The van der Waals surface area contributed by atoms with Gasteiger partial charge in [-0.2, -0.15) is 0 Å². The maximum absolute atomic E-state index is 13.1. The summed E-state index contributed by atoms with van der Waals surface area (Å²) in [5.41, 5.74) is 3.69. The van der Waals surface area contributed by atoms with E-state index in [0.29, 0.717) is 32.6 Å². The molecular weight excluding hydrogens is 433 g/mol. The van der Waals surface area contributed by atoms with Gasteiger partial charge in [0.2, 0.25) is 5.95 Å². The lowest BCUT2D eigenvalue weighted by atomic mass is 10.0. The van der Waals surface area contributed by atoms with Crippen LogP contribution < -0.4 is 16.2 Å². The summed E-state index contributed by atoms with van der Waals surface area (Å²) in [5.74, 6) is 0.546. The van der Waals surface area contributed by atoms with Crippen molar-refractivity contribution in [2.45, 2.75) is 13.8 Å². The second kappa shape index (κ2) is 8.75. The first-order valence-electron chi connectivity index (χ1n) is 10.0. The second-order valence-corrected chi connectivity index (χ2v) is 8.09. The van der Waals surface area contributed by atoms with Crippen molar-refractivity contribution in [3.63, 3.8) is 0 Å². The van der Waals surface area contributed by atoms with Crippen molar-refractivity contribution >= 4 is 62.7 Å². The molecule has 0 aliphatic carbocycles. The van der Waals surface area contributed by atoms with E-state index in [0.717, 1.165) is 35.2 Å². The van der Waals surface area contributed by atoms with Gasteiger partial charge in [-0.3, -0.25) is 4.79 Å². The first-order chi connectivity index (χ1) is 14.9. The summed E-state index contributed by atoms with van der Waals surface area (Å²) < 4.78 is 1.85. The van der Waals surface area contributed by atoms with Crippen molar-refractivity contribution in [2.75, 3.05) is 18.4 Å². The van der Waals surface area contributed by atoms with Crippen LogP contribution in [0.25, 0.3) is 27.9 Å². The number of pyridine rings is 1. The SMILES string of the molecule is CCNCC=Cc1[nH]c(=O)c2c(ccc3nc(Nc4c(Cl)cccc4Cl)n(C)c32)c1C. The molecule has 0 bridgehead atoms. The van der Waals surface area contributed by atoms with Crippen LogP contribution in [0.4, 0.5) is 11.6 Å². The van der Waals surface area contributed by atoms with E-state index in [2.05, 4.69) is 27.5 Å². The number of halogens is 2. The van der Waals surface area contributed by atoms with Gasteiger partial charge < -0.3 is 20.2 Å². The number of nitrogens with one attached hydrogen (secondary N) is 3. The van der Waals surface area contributed by atoms with Gasteiger partial charge in [0.05, 0.1) is 32.2 Å². The third kappa shape index (κ3) is 3.94. The zero-order valence-corrected chi connectivity index (χ0v) is 19.0. The van der Waals surface area contributed by atoms with Gasteiger partial charge >= 0.3 is 0 Å². The summed E-state index contributed by atoms with van der Waals surface area (Å²) in [4.78, 5) is 20.8. The van der Waals surface area contributed by atoms with E-state index in [-0.39, 0.29) is 5.56 Å². The molecule has 31 heavy (non-hydrogen) atoms. The van der Waals surface area contributed by atoms with E-state index in [1.807, 2.05) is 42.8 Å². The number of benzene rings is 2. The normalized spacial score (nSPS) is 11.8. The van der Waals surface area contributed by atoms with Crippen LogP contribution in [0.3, 0.4) is 0 Å². The van der Waals surface area contributed by atoms with E-state index in [4.69, 9.17) is 23.2 Å². The lowest BCUT2D eigenvalue weighted by Gasteiger charge is -2.11. The minimum absolute atomic E-state index is 0.153. The fourth-order valence-electron chi connectivity index (χ4n) is 3.68. The first kappa shape index (κ1) is 21.4. The second-order valence-electron chi connectivity index (χ2n) is 7.27. The summed E-state index contributed by atoms with van der Waals surface area (Å²) in [6.45, 7) is 5.71. The number of imidazole rings is 1. The molecule has 0 saturated heterocycles. The number of H-pyrrole nitrogens is 1. The van der Waals surface area contributed by atoms with Crippen molar-refractivity contribution < 1.29 is 0 Å². The van der Waals surface area contributed by atoms with Crippen LogP contribution in [-0.2, 0) is 7.05 Å². The van der Waals surface area contributed by atoms with Gasteiger partial charge in [-0.25, -0.2) is 4.98 Å². The smallest absolute Gasteiger partial charge is 0.258 e. The molecule has 160 valence electrons. The maximum Gasteiger partial charge on any atom is 0.258 e. The third-order valence-electron chi connectivity index (χ3n) is 5.32. The van der Waals surface area contributed by atoms with Crippen molar-refractivity contribution in [3.8, 4) is 0 Å². The van der Waals surface area contributed by atoms with Gasteiger partial charge in [-0.05, 0) is 48.7 Å². The number of aryl methyl sites for hydroxylation is 2. The maximum atomic E-state index is 13.1. The zero-order chi connectivity index (χ0) is 22.1. The lowest BCUT2D eigenvalue weighted by Crippen LogP contribution is -2.13. The van der Waals surface area contributed by atoms with E-state index in [1.165, 1.54) is 0 Å². The summed E-state index contributed by atoms with van der Waals surface area (Å²) in [6, 6.07) is 9.17. The van der Waals surface area contributed by atoms with Crippen molar-refractivity contribution in [2.24, 2.45) is 7.05 Å². The Morgan fingerprint density at radius 3 is 2.65 bits per heavy atom. The van der Waals surface area contributed by atoms with Crippen LogP contribution in [-0.4, -0.2) is 27.6 Å². The Hall–Kier alpha value is -2.80. The lowest BCUT2D eigenvalue weighted by molar-refractivity contribution is 0.801. The fraction of sp³-hybridized carbons (Fsp3) is 0.217. The van der Waals surface area contributed by atoms with Gasteiger partial charge in [-0.15, -0.1) is 0 Å². The van der Waals surface area contributed by atoms with Crippen molar-refractivity contribution in [1.82, 2.24) is 19.9 Å². The molecule has 4 aromatic rings. The summed E-state index contributed by atoms with van der Waals surface area (Å²) in [5, 5.41) is 8.92. The largest absolute Gasteiger partial charge is 0.323 e. The van der Waals surface area contributed by atoms with Crippen LogP contribution in [0.15, 0.2) is 41.2 Å². The number of aromatic nitrogens is 3. The zero-order valence-electron chi connectivity index (χ0n) is 17.5. The van der Waals surface area contributed by atoms with Crippen LogP contribution in [0.2, 0.25) is 10.0 Å². The van der Waals surface area contributed by atoms with E-state index in [9.17, 15) is 4.79 Å². The molecule has 2 aromatic heterocycles. The number of aromatic amines is 1. The van der Waals surface area contributed by atoms with E-state index >= 15 is 0 Å². The number of hydrogen-bond donors (Lipinski definition) is 3. The molecule has 2 heterocycles. The molecule has 0 amide bonds. The van der Waals surface area contributed by atoms with Gasteiger partial charge in [0.15, 0.2) is 0 Å². The van der Waals surface area contributed by atoms with Crippen LogP contribution in [0.5, 0.6) is 0 Å². The van der Waals surface area contributed by atoms with Gasteiger partial charge in [0.1, 0.15) is 0 Å². The summed E-state index contributed by atoms with van der Waals surface area (Å²) in [6.07, 6.45) is 3.95. The highest BCUT2D eigenvalue weighted by molar-refractivity contribution is 6.39. The molecule has 0 aliphatic heterocycles. The molecule has 4 rings (SSSR count). The highest BCUT2D eigenvalue weighted by Crippen LogP contribution is 2.34. The molecule has 0 atom stereocenters. The summed E-state index contributed by atoms with van der Waals surface area (Å²) in [7, 11) is 1.86. The summed E-state index contributed by atoms with van der Waals surface area (Å²) >= 11 is 12.6. The number of fused-ring (bicyclic) bond motifs is 3. The van der Waals surface area contributed by atoms with Gasteiger partial charge in [0.25, 0.3) is 5.56 Å². The number of rotatable bonds is 6. The van der Waals surface area contributed by atoms with Gasteiger partial charge in [0, 0.05) is 19.3 Å². The topological polar surface area (TPSA) is 74.7 Å². The molecule has 0 fully saturated rings. The van der Waals surface area contributed by atoms with Crippen LogP contribution in [0.1, 0.15) is 18.2 Å². The van der Waals surface area contributed by atoms with Gasteiger partial charge in [-0.1, -0.05) is 48.3 Å². The predicted molar refractivity (Wildman–Crippen MR) is 131 cm³/mol. The average Bonchev–Trinajstić information content (AvgIpc) is 3.06. The molecule has 0 unspecified atom stereocenters. The Balaban J connectivity index is 1.85. The molecular formula is C23H23Cl2N5O. The van der Waals surface area contributed by atoms with Crippen molar-refractivity contribution in [3.05, 3.63) is 68.1 Å².